The lowest BCUT2D eigenvalue weighted by molar-refractivity contribution is 0.590. The number of aromatic nitrogens is 2. The molecule has 0 unspecified atom stereocenters. The van der Waals surface area contributed by atoms with Crippen LogP contribution in [0.4, 0.5) is 0 Å². The second-order valence-electron chi connectivity index (χ2n) is 28.8. The molecule has 88 heavy (non-hydrogen) atoms. The van der Waals surface area contributed by atoms with Crippen molar-refractivity contribution in [2.75, 3.05) is 0 Å². The smallest absolute Gasteiger partial charge is 0.0538 e. The second-order valence-corrected chi connectivity index (χ2v) is 28.8. The molecule has 0 atom stereocenters. The first kappa shape index (κ1) is 57.8. The Morgan fingerprint density at radius 2 is 0.455 bits per heavy atom. The highest BCUT2D eigenvalue weighted by Gasteiger charge is 2.24. The number of fused-ring (bicyclic) bond motifs is 3. The maximum atomic E-state index is 2.46. The van der Waals surface area contributed by atoms with Crippen molar-refractivity contribution in [1.82, 2.24) is 9.13 Å². The Hall–Kier alpha value is -9.24. The molecular formula is C86H82N2. The SMILES string of the molecule is Cc1c(-c2ccc(C(C)(C)C)cc2)c2cc(-c3ccc(C(C)(C)C)cc3)ccc2n1-c1ccc(-c2ccc(-c3ccc(-c4ccc5cc(-n6c(C)c(-c7ccc(C(C)(C)C)cc7)c7cc(-c8ccc(C(C)(C)C)cc8)ccc76)ccc5c4)cc3)cc2)cc1. The van der Waals surface area contributed by atoms with Crippen molar-refractivity contribution in [3.8, 4) is 89.3 Å². The number of hydrogen-bond donors (Lipinski definition) is 0. The average Bonchev–Trinajstić information content (AvgIpc) is 1.66. The van der Waals surface area contributed by atoms with Gasteiger partial charge < -0.3 is 9.13 Å². The number of benzene rings is 11. The Bertz CT molecular complexity index is 4730. The Morgan fingerprint density at radius 3 is 0.807 bits per heavy atom. The van der Waals surface area contributed by atoms with Crippen LogP contribution in [0, 0.1) is 13.8 Å². The first-order valence-electron chi connectivity index (χ1n) is 31.5. The van der Waals surface area contributed by atoms with Gasteiger partial charge in [-0.15, -0.1) is 0 Å². The van der Waals surface area contributed by atoms with Crippen LogP contribution >= 0.6 is 0 Å². The van der Waals surface area contributed by atoms with Gasteiger partial charge in [-0.05, 0) is 190 Å². The Kier molecular flexibility index (Phi) is 14.4. The third kappa shape index (κ3) is 10.9. The Morgan fingerprint density at radius 1 is 0.216 bits per heavy atom. The molecule has 11 aromatic carbocycles. The van der Waals surface area contributed by atoms with Crippen LogP contribution in [0.3, 0.4) is 0 Å². The highest BCUT2D eigenvalue weighted by atomic mass is 15.0. The molecule has 0 fully saturated rings. The molecule has 13 rings (SSSR count). The summed E-state index contributed by atoms with van der Waals surface area (Å²) in [4.78, 5) is 0. The standard InChI is InChI=1S/C86H82N2/c1-55-81(64-29-42-73(43-30-64)85(9,10)11)77-53-69(62-25-38-71(39-26-62)83(3,4)5)36-49-79(77)87(55)75-46-33-60(34-47-75)59-17-15-57(16-18-59)58-19-21-61(22-20-58)66-23-24-68-52-76(48-35-67(68)51-66)88-56(2)82(65-31-44-74(45-32-65)86(12,13)14)78-54-70(37-50-80(78)88)63-27-40-72(41-28-63)84(6,7)8/h15-54H,1-14H3. The fourth-order valence-corrected chi connectivity index (χ4v) is 13.3. The van der Waals surface area contributed by atoms with Crippen LogP contribution in [0.1, 0.15) is 117 Å². The quantitative estimate of drug-likeness (QED) is 0.136. The zero-order valence-electron chi connectivity index (χ0n) is 54.0. The lowest BCUT2D eigenvalue weighted by Crippen LogP contribution is -2.10. The molecule has 0 bridgehead atoms. The number of rotatable bonds is 9. The van der Waals surface area contributed by atoms with E-state index in [4.69, 9.17) is 0 Å². The lowest BCUT2D eigenvalue weighted by Gasteiger charge is -2.19. The first-order valence-corrected chi connectivity index (χ1v) is 31.5. The molecule has 13 aromatic rings. The predicted octanol–water partition coefficient (Wildman–Crippen LogP) is 24.2. The molecule has 0 aliphatic rings. The van der Waals surface area contributed by atoms with E-state index in [9.17, 15) is 0 Å². The maximum Gasteiger partial charge on any atom is 0.0538 e. The highest BCUT2D eigenvalue weighted by Crippen LogP contribution is 2.43. The van der Waals surface area contributed by atoms with Gasteiger partial charge in [0.05, 0.1) is 11.0 Å². The van der Waals surface area contributed by atoms with E-state index >= 15 is 0 Å². The van der Waals surface area contributed by atoms with Crippen molar-refractivity contribution >= 4 is 32.6 Å². The van der Waals surface area contributed by atoms with Crippen molar-refractivity contribution in [1.29, 1.82) is 0 Å². The molecular weight excluding hydrogens is 1060 g/mol. The van der Waals surface area contributed by atoms with Crippen LogP contribution in [-0.2, 0) is 21.7 Å². The molecule has 0 aliphatic heterocycles. The summed E-state index contributed by atoms with van der Waals surface area (Å²) in [6, 6.07) is 91.8. The molecule has 0 saturated heterocycles. The van der Waals surface area contributed by atoms with Gasteiger partial charge in [-0.25, -0.2) is 0 Å². The van der Waals surface area contributed by atoms with E-state index in [0.717, 1.165) is 11.4 Å². The highest BCUT2D eigenvalue weighted by molar-refractivity contribution is 6.03. The number of nitrogens with zero attached hydrogens (tertiary/aromatic N) is 2. The molecule has 0 spiro atoms. The molecule has 2 nitrogen and oxygen atoms in total. The summed E-state index contributed by atoms with van der Waals surface area (Å²) in [6.07, 6.45) is 0. The monoisotopic (exact) mass is 1140 g/mol. The largest absolute Gasteiger partial charge is 0.313 e. The van der Waals surface area contributed by atoms with Crippen molar-refractivity contribution in [2.45, 2.75) is 119 Å². The lowest BCUT2D eigenvalue weighted by atomic mass is 9.85. The van der Waals surface area contributed by atoms with Crippen molar-refractivity contribution in [3.63, 3.8) is 0 Å². The summed E-state index contributed by atoms with van der Waals surface area (Å²) in [7, 11) is 0. The minimum atomic E-state index is 0.0783. The summed E-state index contributed by atoms with van der Waals surface area (Å²) in [6.45, 7) is 31.9. The average molecular weight is 1140 g/mol. The van der Waals surface area contributed by atoms with Gasteiger partial charge in [0, 0.05) is 44.7 Å². The second kappa shape index (κ2) is 21.9. The molecule has 0 N–H and O–H groups in total. The van der Waals surface area contributed by atoms with E-state index in [1.807, 2.05) is 0 Å². The van der Waals surface area contributed by atoms with Crippen molar-refractivity contribution < 1.29 is 0 Å². The minimum Gasteiger partial charge on any atom is -0.313 e. The van der Waals surface area contributed by atoms with Gasteiger partial charge in [0.2, 0.25) is 0 Å². The van der Waals surface area contributed by atoms with Gasteiger partial charge in [-0.3, -0.25) is 0 Å². The van der Waals surface area contributed by atoms with E-state index in [0.29, 0.717) is 0 Å². The van der Waals surface area contributed by atoms with Gasteiger partial charge in [0.25, 0.3) is 0 Å². The molecule has 0 saturated carbocycles. The molecule has 0 amide bonds. The van der Waals surface area contributed by atoms with Crippen molar-refractivity contribution in [2.24, 2.45) is 0 Å². The van der Waals surface area contributed by atoms with Gasteiger partial charge in [-0.2, -0.15) is 0 Å². The third-order valence-electron chi connectivity index (χ3n) is 18.6. The maximum absolute atomic E-state index is 2.46. The minimum absolute atomic E-state index is 0.0783. The van der Waals surface area contributed by atoms with Gasteiger partial charge in [-0.1, -0.05) is 271 Å². The van der Waals surface area contributed by atoms with E-state index in [-0.39, 0.29) is 21.7 Å². The van der Waals surface area contributed by atoms with E-state index in [1.165, 1.54) is 144 Å². The van der Waals surface area contributed by atoms with E-state index in [2.05, 4.69) is 349 Å². The summed E-state index contributed by atoms with van der Waals surface area (Å²) in [5, 5.41) is 4.96. The fourth-order valence-electron chi connectivity index (χ4n) is 13.3. The molecule has 436 valence electrons. The van der Waals surface area contributed by atoms with Gasteiger partial charge >= 0.3 is 0 Å². The van der Waals surface area contributed by atoms with Crippen LogP contribution in [-0.4, -0.2) is 9.13 Å². The number of hydrogen-bond acceptors (Lipinski definition) is 0. The van der Waals surface area contributed by atoms with Crippen LogP contribution in [0.2, 0.25) is 0 Å². The first-order chi connectivity index (χ1) is 41.9. The molecule has 0 radical (unpaired) electrons. The Balaban J connectivity index is 0.752. The van der Waals surface area contributed by atoms with Crippen LogP contribution in [0.15, 0.2) is 243 Å². The van der Waals surface area contributed by atoms with Crippen molar-refractivity contribution in [3.05, 3.63) is 276 Å². The van der Waals surface area contributed by atoms with Crippen LogP contribution in [0.5, 0.6) is 0 Å². The summed E-state index contributed by atoms with van der Waals surface area (Å²) in [5.41, 5.74) is 30.1. The summed E-state index contributed by atoms with van der Waals surface area (Å²) >= 11 is 0. The molecule has 2 heterocycles. The van der Waals surface area contributed by atoms with Gasteiger partial charge in [0.1, 0.15) is 0 Å². The van der Waals surface area contributed by atoms with E-state index < -0.39 is 0 Å². The zero-order valence-corrected chi connectivity index (χ0v) is 54.0. The zero-order chi connectivity index (χ0) is 61.6. The predicted molar refractivity (Wildman–Crippen MR) is 380 cm³/mol. The summed E-state index contributed by atoms with van der Waals surface area (Å²) in [5.74, 6) is 0. The fraction of sp³-hybridized carbons (Fsp3) is 0.209. The van der Waals surface area contributed by atoms with Crippen LogP contribution in [0.25, 0.3) is 122 Å². The molecule has 2 aromatic heterocycles. The van der Waals surface area contributed by atoms with E-state index in [1.54, 1.807) is 0 Å². The molecule has 0 aliphatic carbocycles. The third-order valence-corrected chi connectivity index (χ3v) is 18.6. The molecule has 2 heteroatoms. The Labute approximate surface area is 522 Å². The summed E-state index contributed by atoms with van der Waals surface area (Å²) < 4.78 is 4.90. The van der Waals surface area contributed by atoms with Crippen LogP contribution < -0.4 is 0 Å². The normalized spacial score (nSPS) is 12.4. The topological polar surface area (TPSA) is 9.86 Å². The van der Waals surface area contributed by atoms with Gasteiger partial charge in [0.15, 0.2) is 0 Å².